The standard InChI is InChI=1S/C15H10F2O2/c16-10-3-1-9(2-4-10)15-8-13(18)12-7-11(17)5-6-14(12)19-15/h1-7,15H,8H2. The summed E-state index contributed by atoms with van der Waals surface area (Å²) in [6.07, 6.45) is -0.326. The average molecular weight is 260 g/mol. The molecule has 0 bridgehead atoms. The molecule has 0 fully saturated rings. The van der Waals surface area contributed by atoms with E-state index in [2.05, 4.69) is 0 Å². The second-order valence-electron chi connectivity index (χ2n) is 4.43. The number of ether oxygens (including phenoxy) is 1. The van der Waals surface area contributed by atoms with Gasteiger partial charge in [0.15, 0.2) is 5.78 Å². The van der Waals surface area contributed by atoms with E-state index in [0.717, 1.165) is 5.56 Å². The van der Waals surface area contributed by atoms with Crippen molar-refractivity contribution in [2.75, 3.05) is 0 Å². The van der Waals surface area contributed by atoms with Gasteiger partial charge in [-0.15, -0.1) is 0 Å². The number of hydrogen-bond donors (Lipinski definition) is 0. The number of carbonyl (C=O) groups excluding carboxylic acids is 1. The molecule has 0 aliphatic carbocycles. The first kappa shape index (κ1) is 11.8. The number of hydrogen-bond acceptors (Lipinski definition) is 2. The topological polar surface area (TPSA) is 26.3 Å². The Hall–Kier alpha value is -2.23. The van der Waals surface area contributed by atoms with Crippen LogP contribution >= 0.6 is 0 Å². The number of fused-ring (bicyclic) bond motifs is 1. The lowest BCUT2D eigenvalue weighted by atomic mass is 9.96. The van der Waals surface area contributed by atoms with E-state index in [1.807, 2.05) is 0 Å². The van der Waals surface area contributed by atoms with Crippen LogP contribution < -0.4 is 4.74 Å². The van der Waals surface area contributed by atoms with Gasteiger partial charge in [-0.2, -0.15) is 0 Å². The van der Waals surface area contributed by atoms with Gasteiger partial charge in [0.2, 0.25) is 0 Å². The first-order valence-corrected chi connectivity index (χ1v) is 5.88. The van der Waals surface area contributed by atoms with Gasteiger partial charge in [0, 0.05) is 0 Å². The van der Waals surface area contributed by atoms with E-state index in [1.165, 1.54) is 30.3 Å². The van der Waals surface area contributed by atoms with Crippen molar-refractivity contribution in [3.05, 3.63) is 65.2 Å². The van der Waals surface area contributed by atoms with Gasteiger partial charge in [0.05, 0.1) is 12.0 Å². The van der Waals surface area contributed by atoms with Crippen LogP contribution in [0.2, 0.25) is 0 Å². The summed E-state index contributed by atoms with van der Waals surface area (Å²) in [6, 6.07) is 9.69. The van der Waals surface area contributed by atoms with Gasteiger partial charge in [0.1, 0.15) is 23.5 Å². The molecule has 0 spiro atoms. The minimum absolute atomic E-state index is 0.127. The Labute approximate surface area is 108 Å². The molecule has 2 aromatic carbocycles. The predicted octanol–water partition coefficient (Wildman–Crippen LogP) is 3.67. The van der Waals surface area contributed by atoms with Crippen LogP contribution in [0.4, 0.5) is 8.78 Å². The smallest absolute Gasteiger partial charge is 0.170 e. The Kier molecular flexibility index (Phi) is 2.78. The molecule has 1 heterocycles. The molecule has 1 aliphatic rings. The molecule has 1 aliphatic heterocycles. The van der Waals surface area contributed by atoms with Crippen LogP contribution in [0.3, 0.4) is 0 Å². The Bertz CT molecular complexity index is 635. The van der Waals surface area contributed by atoms with Crippen molar-refractivity contribution in [3.8, 4) is 5.75 Å². The first-order chi connectivity index (χ1) is 9.13. The van der Waals surface area contributed by atoms with E-state index in [9.17, 15) is 13.6 Å². The third-order valence-corrected chi connectivity index (χ3v) is 3.12. The summed E-state index contributed by atoms with van der Waals surface area (Å²) >= 11 is 0. The maximum absolute atomic E-state index is 13.1. The first-order valence-electron chi connectivity index (χ1n) is 5.88. The highest BCUT2D eigenvalue weighted by molar-refractivity contribution is 6.00. The highest BCUT2D eigenvalue weighted by Crippen LogP contribution is 2.35. The van der Waals surface area contributed by atoms with Crippen molar-refractivity contribution < 1.29 is 18.3 Å². The van der Waals surface area contributed by atoms with Crippen LogP contribution in [-0.2, 0) is 0 Å². The molecule has 0 saturated heterocycles. The molecule has 3 rings (SSSR count). The lowest BCUT2D eigenvalue weighted by Crippen LogP contribution is -2.20. The molecule has 96 valence electrons. The number of carbonyl (C=O) groups is 1. The lowest BCUT2D eigenvalue weighted by Gasteiger charge is -2.25. The number of benzene rings is 2. The van der Waals surface area contributed by atoms with Crippen LogP contribution in [0.25, 0.3) is 0 Å². The van der Waals surface area contributed by atoms with Gasteiger partial charge in [0.25, 0.3) is 0 Å². The van der Waals surface area contributed by atoms with E-state index >= 15 is 0 Å². The molecule has 0 amide bonds. The monoisotopic (exact) mass is 260 g/mol. The maximum atomic E-state index is 13.1. The molecule has 0 aromatic heterocycles. The van der Waals surface area contributed by atoms with E-state index in [1.54, 1.807) is 12.1 Å². The maximum Gasteiger partial charge on any atom is 0.170 e. The van der Waals surface area contributed by atoms with Gasteiger partial charge < -0.3 is 4.74 Å². The van der Waals surface area contributed by atoms with Crippen LogP contribution in [0.1, 0.15) is 28.4 Å². The summed E-state index contributed by atoms with van der Waals surface area (Å²) in [5, 5.41) is 0. The summed E-state index contributed by atoms with van der Waals surface area (Å²) < 4.78 is 31.6. The van der Waals surface area contributed by atoms with Gasteiger partial charge in [-0.3, -0.25) is 4.79 Å². The van der Waals surface area contributed by atoms with Crippen molar-refractivity contribution in [1.82, 2.24) is 0 Å². The number of Topliss-reactive ketones (excluding diaryl/α,β-unsaturated/α-hetero) is 1. The molecule has 1 atom stereocenters. The Morgan fingerprint density at radius 2 is 1.68 bits per heavy atom. The highest BCUT2D eigenvalue weighted by Gasteiger charge is 2.27. The van der Waals surface area contributed by atoms with Crippen LogP contribution in [0, 0.1) is 11.6 Å². The zero-order valence-electron chi connectivity index (χ0n) is 9.90. The molecule has 4 heteroatoms. The van der Waals surface area contributed by atoms with E-state index in [-0.39, 0.29) is 23.6 Å². The third kappa shape index (κ3) is 2.21. The number of halogens is 2. The van der Waals surface area contributed by atoms with Gasteiger partial charge in [-0.05, 0) is 35.9 Å². The number of ketones is 1. The normalized spacial score (nSPS) is 17.8. The molecule has 2 nitrogen and oxygen atoms in total. The molecule has 2 aromatic rings. The largest absolute Gasteiger partial charge is 0.484 e. The second kappa shape index (κ2) is 4.46. The Balaban J connectivity index is 1.95. The zero-order chi connectivity index (χ0) is 13.4. The van der Waals surface area contributed by atoms with Crippen molar-refractivity contribution >= 4 is 5.78 Å². The van der Waals surface area contributed by atoms with Crippen LogP contribution in [0.5, 0.6) is 5.75 Å². The average Bonchev–Trinajstić information content (AvgIpc) is 2.40. The summed E-state index contributed by atoms with van der Waals surface area (Å²) in [4.78, 5) is 12.0. The third-order valence-electron chi connectivity index (χ3n) is 3.12. The molecule has 0 radical (unpaired) electrons. The molecule has 0 N–H and O–H groups in total. The molecule has 0 saturated carbocycles. The second-order valence-corrected chi connectivity index (χ2v) is 4.43. The quantitative estimate of drug-likeness (QED) is 0.782. The SMILES string of the molecule is O=C1CC(c2ccc(F)cc2)Oc2ccc(F)cc21. The molecular weight excluding hydrogens is 250 g/mol. The lowest BCUT2D eigenvalue weighted by molar-refractivity contribution is 0.0849. The minimum atomic E-state index is -0.462. The van der Waals surface area contributed by atoms with Crippen LogP contribution in [0.15, 0.2) is 42.5 Å². The van der Waals surface area contributed by atoms with Crippen molar-refractivity contribution in [2.24, 2.45) is 0 Å². The van der Waals surface area contributed by atoms with Crippen molar-refractivity contribution in [3.63, 3.8) is 0 Å². The summed E-state index contributed by atoms with van der Waals surface area (Å²) in [7, 11) is 0. The predicted molar refractivity (Wildman–Crippen MR) is 65.1 cm³/mol. The van der Waals surface area contributed by atoms with Crippen molar-refractivity contribution in [2.45, 2.75) is 12.5 Å². The summed E-state index contributed by atoms with van der Waals surface area (Å²) in [5.74, 6) is -0.605. The van der Waals surface area contributed by atoms with E-state index in [0.29, 0.717) is 5.75 Å². The molecular formula is C15H10F2O2. The van der Waals surface area contributed by atoms with Gasteiger partial charge >= 0.3 is 0 Å². The molecule has 1 unspecified atom stereocenters. The van der Waals surface area contributed by atoms with Crippen LogP contribution in [-0.4, -0.2) is 5.78 Å². The van der Waals surface area contributed by atoms with Gasteiger partial charge in [-0.1, -0.05) is 12.1 Å². The molecule has 19 heavy (non-hydrogen) atoms. The highest BCUT2D eigenvalue weighted by atomic mass is 19.1. The summed E-state index contributed by atoms with van der Waals surface area (Å²) in [5.41, 5.74) is 0.989. The van der Waals surface area contributed by atoms with Crippen molar-refractivity contribution in [1.29, 1.82) is 0 Å². The fourth-order valence-electron chi connectivity index (χ4n) is 2.16. The van der Waals surface area contributed by atoms with E-state index < -0.39 is 11.9 Å². The summed E-state index contributed by atoms with van der Waals surface area (Å²) in [6.45, 7) is 0. The van der Waals surface area contributed by atoms with Gasteiger partial charge in [-0.25, -0.2) is 8.78 Å². The number of rotatable bonds is 1. The zero-order valence-corrected chi connectivity index (χ0v) is 9.90. The fraction of sp³-hybridized carbons (Fsp3) is 0.133. The fourth-order valence-corrected chi connectivity index (χ4v) is 2.16. The Morgan fingerprint density at radius 1 is 1.00 bits per heavy atom. The van der Waals surface area contributed by atoms with E-state index in [4.69, 9.17) is 4.74 Å². The Morgan fingerprint density at radius 3 is 2.42 bits per heavy atom. The minimum Gasteiger partial charge on any atom is -0.484 e.